The molecule has 0 aromatic heterocycles. The molecule has 1 aliphatic carbocycles. The number of nitrogens with zero attached hydrogens (tertiary/aromatic N) is 1. The van der Waals surface area contributed by atoms with Gasteiger partial charge in [0.2, 0.25) is 0 Å². The predicted octanol–water partition coefficient (Wildman–Crippen LogP) is 1.83. The summed E-state index contributed by atoms with van der Waals surface area (Å²) in [5.74, 6) is 0.0976. The van der Waals surface area contributed by atoms with Crippen LogP contribution in [0.5, 0.6) is 0 Å². The molecule has 1 N–H and O–H groups in total. The molecule has 1 saturated carbocycles. The number of carboxylic acids is 1. The molecule has 2 aliphatic rings. The average Bonchev–Trinajstić information content (AvgIpc) is 2.45. The first-order valence-corrected chi connectivity index (χ1v) is 6.06. The molecule has 3 nitrogen and oxygen atoms in total. The highest BCUT2D eigenvalue weighted by atomic mass is 16.4. The molecule has 0 unspecified atom stereocenters. The molecule has 86 valence electrons. The van der Waals surface area contributed by atoms with Crippen LogP contribution in [0.2, 0.25) is 0 Å². The quantitative estimate of drug-likeness (QED) is 0.774. The lowest BCUT2D eigenvalue weighted by Gasteiger charge is -2.34. The van der Waals surface area contributed by atoms with Gasteiger partial charge < -0.3 is 5.11 Å². The second-order valence-electron chi connectivity index (χ2n) is 5.39. The largest absolute Gasteiger partial charge is 0.481 e. The molecule has 1 saturated heterocycles. The lowest BCUT2D eigenvalue weighted by atomic mass is 9.86. The van der Waals surface area contributed by atoms with Crippen LogP contribution in [0.1, 0.15) is 33.1 Å². The van der Waals surface area contributed by atoms with Gasteiger partial charge in [0.25, 0.3) is 0 Å². The fraction of sp³-hybridized carbons (Fsp3) is 0.917. The van der Waals surface area contributed by atoms with Crippen molar-refractivity contribution in [1.29, 1.82) is 0 Å². The van der Waals surface area contributed by atoms with E-state index in [9.17, 15) is 9.90 Å². The van der Waals surface area contributed by atoms with E-state index < -0.39 is 5.97 Å². The third kappa shape index (κ3) is 2.03. The fourth-order valence-corrected chi connectivity index (χ4v) is 2.85. The van der Waals surface area contributed by atoms with E-state index in [1.165, 1.54) is 19.3 Å². The Kier molecular flexibility index (Phi) is 3.01. The minimum Gasteiger partial charge on any atom is -0.481 e. The summed E-state index contributed by atoms with van der Waals surface area (Å²) in [7, 11) is 0. The van der Waals surface area contributed by atoms with Crippen LogP contribution in [0.25, 0.3) is 0 Å². The van der Waals surface area contributed by atoms with E-state index in [4.69, 9.17) is 0 Å². The minimum atomic E-state index is -0.601. The Labute approximate surface area is 91.5 Å². The van der Waals surface area contributed by atoms with Gasteiger partial charge in [-0.25, -0.2) is 0 Å². The number of carbonyl (C=O) groups is 1. The van der Waals surface area contributed by atoms with Crippen molar-refractivity contribution < 1.29 is 9.90 Å². The fourth-order valence-electron chi connectivity index (χ4n) is 2.85. The molecule has 1 aliphatic heterocycles. The summed E-state index contributed by atoms with van der Waals surface area (Å²) in [6.45, 7) is 6.07. The first-order valence-electron chi connectivity index (χ1n) is 6.06. The van der Waals surface area contributed by atoms with Crippen LogP contribution in [0, 0.1) is 17.8 Å². The summed E-state index contributed by atoms with van der Waals surface area (Å²) >= 11 is 0. The molecule has 2 rings (SSSR count). The van der Waals surface area contributed by atoms with Crippen molar-refractivity contribution in [3.8, 4) is 0 Å². The van der Waals surface area contributed by atoms with Crippen molar-refractivity contribution in [2.75, 3.05) is 13.1 Å². The lowest BCUT2D eigenvalue weighted by molar-refractivity contribution is -0.143. The number of hydrogen-bond donors (Lipinski definition) is 1. The third-order valence-electron chi connectivity index (χ3n) is 4.16. The average molecular weight is 211 g/mol. The van der Waals surface area contributed by atoms with Crippen molar-refractivity contribution in [3.05, 3.63) is 0 Å². The molecular formula is C12H21NO2. The van der Waals surface area contributed by atoms with Gasteiger partial charge in [0.05, 0.1) is 5.92 Å². The molecular weight excluding hydrogens is 190 g/mol. The highest BCUT2D eigenvalue weighted by molar-refractivity contribution is 5.71. The topological polar surface area (TPSA) is 40.5 Å². The van der Waals surface area contributed by atoms with Crippen LogP contribution in [0.15, 0.2) is 0 Å². The Morgan fingerprint density at radius 2 is 2.00 bits per heavy atom. The molecule has 0 radical (unpaired) electrons. The number of rotatable bonds is 3. The first-order chi connectivity index (χ1) is 7.09. The number of likely N-dealkylation sites (tertiary alicyclic amines) is 1. The molecule has 0 spiro atoms. The van der Waals surface area contributed by atoms with E-state index in [-0.39, 0.29) is 5.92 Å². The second kappa shape index (κ2) is 4.12. The monoisotopic (exact) mass is 211 g/mol. The van der Waals surface area contributed by atoms with Gasteiger partial charge in [-0.2, -0.15) is 0 Å². The Hall–Kier alpha value is -0.570. The molecule has 0 aromatic carbocycles. The molecule has 1 heterocycles. The first kappa shape index (κ1) is 10.9. The summed E-state index contributed by atoms with van der Waals surface area (Å²) in [6.07, 6.45) is 3.87. The Balaban J connectivity index is 2.01. The summed E-state index contributed by atoms with van der Waals surface area (Å²) in [5, 5.41) is 9.20. The molecule has 0 aromatic rings. The van der Waals surface area contributed by atoms with Gasteiger partial charge in [-0.05, 0) is 24.7 Å². The van der Waals surface area contributed by atoms with Gasteiger partial charge in [0, 0.05) is 19.1 Å². The SMILES string of the molecule is CC(C)[C@@H]1CN(C2CCC2)C[C@H]1C(=O)O. The van der Waals surface area contributed by atoms with Crippen LogP contribution in [-0.4, -0.2) is 35.1 Å². The van der Waals surface area contributed by atoms with Gasteiger partial charge in [-0.1, -0.05) is 20.3 Å². The van der Waals surface area contributed by atoms with E-state index in [2.05, 4.69) is 18.7 Å². The maximum atomic E-state index is 11.2. The van der Waals surface area contributed by atoms with E-state index in [1.54, 1.807) is 0 Å². The molecule has 0 bridgehead atoms. The summed E-state index contributed by atoms with van der Waals surface area (Å²) in [4.78, 5) is 13.6. The molecule has 3 heteroatoms. The van der Waals surface area contributed by atoms with Crippen molar-refractivity contribution in [1.82, 2.24) is 4.90 Å². The van der Waals surface area contributed by atoms with Crippen molar-refractivity contribution >= 4 is 5.97 Å². The smallest absolute Gasteiger partial charge is 0.308 e. The minimum absolute atomic E-state index is 0.134. The zero-order chi connectivity index (χ0) is 11.0. The van der Waals surface area contributed by atoms with Crippen LogP contribution in [0.4, 0.5) is 0 Å². The number of aliphatic carboxylic acids is 1. The van der Waals surface area contributed by atoms with Crippen LogP contribution in [0.3, 0.4) is 0 Å². The van der Waals surface area contributed by atoms with E-state index in [1.807, 2.05) is 0 Å². The van der Waals surface area contributed by atoms with Gasteiger partial charge >= 0.3 is 5.97 Å². The van der Waals surface area contributed by atoms with Gasteiger partial charge in [-0.3, -0.25) is 9.69 Å². The van der Waals surface area contributed by atoms with E-state index in [0.29, 0.717) is 17.9 Å². The molecule has 15 heavy (non-hydrogen) atoms. The van der Waals surface area contributed by atoms with Crippen molar-refractivity contribution in [2.45, 2.75) is 39.2 Å². The summed E-state index contributed by atoms with van der Waals surface area (Å²) in [6, 6.07) is 0.690. The lowest BCUT2D eigenvalue weighted by Crippen LogP contribution is -2.39. The highest BCUT2D eigenvalue weighted by Crippen LogP contribution is 2.35. The molecule has 0 amide bonds. The van der Waals surface area contributed by atoms with Crippen LogP contribution in [-0.2, 0) is 4.79 Å². The van der Waals surface area contributed by atoms with Crippen LogP contribution < -0.4 is 0 Å². The Morgan fingerprint density at radius 3 is 2.33 bits per heavy atom. The zero-order valence-corrected chi connectivity index (χ0v) is 9.65. The van der Waals surface area contributed by atoms with Crippen molar-refractivity contribution in [3.63, 3.8) is 0 Å². The predicted molar refractivity (Wildman–Crippen MR) is 58.7 cm³/mol. The van der Waals surface area contributed by atoms with Gasteiger partial charge in [-0.15, -0.1) is 0 Å². The van der Waals surface area contributed by atoms with E-state index >= 15 is 0 Å². The Morgan fingerprint density at radius 1 is 1.33 bits per heavy atom. The third-order valence-corrected chi connectivity index (χ3v) is 4.16. The standard InChI is InChI=1S/C12H21NO2/c1-8(2)10-6-13(9-4-3-5-9)7-11(10)12(14)15/h8-11H,3-7H2,1-2H3,(H,14,15)/t10-,11+/m0/s1. The van der Waals surface area contributed by atoms with Gasteiger partial charge in [0.1, 0.15) is 0 Å². The zero-order valence-electron chi connectivity index (χ0n) is 9.65. The maximum absolute atomic E-state index is 11.2. The highest BCUT2D eigenvalue weighted by Gasteiger charge is 2.42. The normalized spacial score (nSPS) is 33.3. The van der Waals surface area contributed by atoms with Crippen molar-refractivity contribution in [2.24, 2.45) is 17.8 Å². The number of hydrogen-bond acceptors (Lipinski definition) is 2. The van der Waals surface area contributed by atoms with Crippen LogP contribution >= 0.6 is 0 Å². The summed E-state index contributed by atoms with van der Waals surface area (Å²) < 4.78 is 0. The van der Waals surface area contributed by atoms with Gasteiger partial charge in [0.15, 0.2) is 0 Å². The Bertz CT molecular complexity index is 248. The second-order valence-corrected chi connectivity index (χ2v) is 5.39. The molecule has 2 atom stereocenters. The van der Waals surface area contributed by atoms with E-state index in [0.717, 1.165) is 13.1 Å². The summed E-state index contributed by atoms with van der Waals surface area (Å²) in [5.41, 5.74) is 0. The molecule has 2 fully saturated rings. The number of carboxylic acid groups (broad SMARTS) is 1. The maximum Gasteiger partial charge on any atom is 0.308 e.